The molecule has 0 bridgehead atoms. The van der Waals surface area contributed by atoms with Crippen LogP contribution in [0.25, 0.3) is 0 Å². The quantitative estimate of drug-likeness (QED) is 0.809. The summed E-state index contributed by atoms with van der Waals surface area (Å²) in [6, 6.07) is 8.74. The molecule has 2 N–H and O–H groups in total. The molecule has 2 aliphatic heterocycles. The van der Waals surface area contributed by atoms with E-state index in [1.54, 1.807) is 34.5 Å². The summed E-state index contributed by atoms with van der Waals surface area (Å²) in [6.45, 7) is 3.34. The van der Waals surface area contributed by atoms with Gasteiger partial charge in [0.1, 0.15) is 10.6 Å². The number of nitrogens with one attached hydrogen (secondary N) is 2. The van der Waals surface area contributed by atoms with E-state index in [0.717, 1.165) is 6.42 Å². The minimum Gasteiger partial charge on any atom is -0.493 e. The summed E-state index contributed by atoms with van der Waals surface area (Å²) >= 11 is 1.29. The summed E-state index contributed by atoms with van der Waals surface area (Å²) < 4.78 is 5.51. The molecule has 4 rings (SSSR count). The molecule has 0 radical (unpaired) electrons. The first kappa shape index (κ1) is 18.5. The highest BCUT2D eigenvalue weighted by atomic mass is 32.1. The molecule has 2 saturated heterocycles. The van der Waals surface area contributed by atoms with Crippen molar-refractivity contribution in [1.29, 1.82) is 0 Å². The minimum absolute atomic E-state index is 0.0455. The number of amides is 3. The molecule has 146 valence electrons. The Morgan fingerprint density at radius 2 is 2.07 bits per heavy atom. The topological polar surface area (TPSA) is 87.7 Å². The first-order valence-electron chi connectivity index (χ1n) is 9.22. The van der Waals surface area contributed by atoms with E-state index >= 15 is 0 Å². The van der Waals surface area contributed by atoms with Crippen molar-refractivity contribution in [3.05, 3.63) is 46.2 Å². The van der Waals surface area contributed by atoms with Crippen LogP contribution in [0.5, 0.6) is 5.75 Å². The fourth-order valence-electron chi connectivity index (χ4n) is 3.68. The first-order valence-corrected chi connectivity index (χ1v) is 10.1. The summed E-state index contributed by atoms with van der Waals surface area (Å²) in [4.78, 5) is 39.3. The third-order valence-corrected chi connectivity index (χ3v) is 5.95. The Balaban J connectivity index is 1.46. The molecule has 2 fully saturated rings. The molecule has 0 aliphatic carbocycles. The number of rotatable bonds is 5. The van der Waals surface area contributed by atoms with Crippen LogP contribution in [0.3, 0.4) is 0 Å². The van der Waals surface area contributed by atoms with Crippen molar-refractivity contribution in [1.82, 2.24) is 10.2 Å². The Labute approximate surface area is 166 Å². The lowest BCUT2D eigenvalue weighted by Gasteiger charge is -2.47. The third kappa shape index (κ3) is 3.35. The zero-order valence-electron chi connectivity index (χ0n) is 15.5. The van der Waals surface area contributed by atoms with Crippen LogP contribution in [-0.2, 0) is 4.79 Å². The predicted molar refractivity (Wildman–Crippen MR) is 106 cm³/mol. The van der Waals surface area contributed by atoms with Gasteiger partial charge in [-0.1, -0.05) is 12.1 Å². The molecular formula is C20H21N3O4S. The van der Waals surface area contributed by atoms with Gasteiger partial charge >= 0.3 is 0 Å². The highest BCUT2D eigenvalue weighted by Crippen LogP contribution is 2.34. The summed E-state index contributed by atoms with van der Waals surface area (Å²) in [5.41, 5.74) is 0.650. The van der Waals surface area contributed by atoms with E-state index in [0.29, 0.717) is 48.0 Å². The summed E-state index contributed by atoms with van der Waals surface area (Å²) in [5.74, 6) is 0.103. The lowest BCUT2D eigenvalue weighted by Crippen LogP contribution is -2.68. The maximum absolute atomic E-state index is 12.9. The van der Waals surface area contributed by atoms with Crippen molar-refractivity contribution >= 4 is 34.7 Å². The van der Waals surface area contributed by atoms with Crippen LogP contribution < -0.4 is 15.4 Å². The molecule has 1 spiro atoms. The molecule has 2 aliphatic rings. The van der Waals surface area contributed by atoms with E-state index in [2.05, 4.69) is 10.6 Å². The van der Waals surface area contributed by atoms with Crippen LogP contribution in [0.2, 0.25) is 0 Å². The van der Waals surface area contributed by atoms with Crippen LogP contribution in [0.15, 0.2) is 35.7 Å². The lowest BCUT2D eigenvalue weighted by atomic mass is 9.88. The van der Waals surface area contributed by atoms with Crippen molar-refractivity contribution in [2.75, 3.05) is 25.0 Å². The second-order valence-electron chi connectivity index (χ2n) is 7.04. The van der Waals surface area contributed by atoms with Crippen molar-refractivity contribution in [2.24, 2.45) is 0 Å². The Hall–Kier alpha value is -2.87. The van der Waals surface area contributed by atoms with Gasteiger partial charge in [0.15, 0.2) is 0 Å². The molecule has 1 aromatic heterocycles. The number of benzene rings is 1. The number of ether oxygens (including phenoxy) is 1. The minimum atomic E-state index is -0.320. The summed E-state index contributed by atoms with van der Waals surface area (Å²) in [7, 11) is 0. The average molecular weight is 399 g/mol. The molecule has 0 saturated carbocycles. The second-order valence-corrected chi connectivity index (χ2v) is 7.95. The maximum atomic E-state index is 12.9. The van der Waals surface area contributed by atoms with Crippen LogP contribution in [0, 0.1) is 0 Å². The molecule has 28 heavy (non-hydrogen) atoms. The van der Waals surface area contributed by atoms with Crippen molar-refractivity contribution < 1.29 is 19.1 Å². The molecule has 0 atom stereocenters. The third-order valence-electron chi connectivity index (χ3n) is 5.05. The lowest BCUT2D eigenvalue weighted by molar-refractivity contribution is -0.120. The molecule has 3 heterocycles. The number of hydrogen-bond acceptors (Lipinski definition) is 5. The molecule has 8 heteroatoms. The van der Waals surface area contributed by atoms with Gasteiger partial charge in [0.2, 0.25) is 5.91 Å². The van der Waals surface area contributed by atoms with Gasteiger partial charge in [-0.2, -0.15) is 0 Å². The number of thiophene rings is 1. The Morgan fingerprint density at radius 3 is 2.79 bits per heavy atom. The van der Waals surface area contributed by atoms with Gasteiger partial charge in [0.05, 0.1) is 23.4 Å². The van der Waals surface area contributed by atoms with Crippen LogP contribution in [0.1, 0.15) is 39.8 Å². The average Bonchev–Trinajstić information content (AvgIpc) is 3.27. The summed E-state index contributed by atoms with van der Waals surface area (Å²) in [5, 5.41) is 7.58. The van der Waals surface area contributed by atoms with Crippen LogP contribution in [0.4, 0.5) is 5.69 Å². The predicted octanol–water partition coefficient (Wildman–Crippen LogP) is 2.50. The fraction of sp³-hybridized carbons (Fsp3) is 0.350. The number of carbonyl (C=O) groups is 3. The van der Waals surface area contributed by atoms with Crippen molar-refractivity contribution in [3.8, 4) is 5.75 Å². The zero-order valence-corrected chi connectivity index (χ0v) is 16.3. The Morgan fingerprint density at radius 1 is 1.29 bits per heavy atom. The van der Waals surface area contributed by atoms with Gasteiger partial charge in [-0.15, -0.1) is 11.3 Å². The zero-order chi connectivity index (χ0) is 19.7. The van der Waals surface area contributed by atoms with E-state index < -0.39 is 0 Å². The van der Waals surface area contributed by atoms with E-state index in [9.17, 15) is 14.4 Å². The smallest absolute Gasteiger partial charge is 0.266 e. The van der Waals surface area contributed by atoms with Gasteiger partial charge in [0.25, 0.3) is 11.8 Å². The van der Waals surface area contributed by atoms with E-state index in [-0.39, 0.29) is 23.3 Å². The van der Waals surface area contributed by atoms with Gasteiger partial charge in [-0.05, 0) is 36.9 Å². The molecular weight excluding hydrogens is 378 g/mol. The van der Waals surface area contributed by atoms with Gasteiger partial charge in [-0.25, -0.2) is 0 Å². The SMILES string of the molecule is CCOc1ccccc1C(=O)Nc1ccsc1C(=O)N1CC2(CCC(=O)N2)C1. The van der Waals surface area contributed by atoms with Crippen molar-refractivity contribution in [3.63, 3.8) is 0 Å². The monoisotopic (exact) mass is 399 g/mol. The fourth-order valence-corrected chi connectivity index (χ4v) is 4.50. The maximum Gasteiger partial charge on any atom is 0.266 e. The molecule has 0 unspecified atom stereocenters. The number of para-hydroxylation sites is 1. The van der Waals surface area contributed by atoms with E-state index in [4.69, 9.17) is 4.74 Å². The first-order chi connectivity index (χ1) is 13.5. The van der Waals surface area contributed by atoms with E-state index in [1.807, 2.05) is 13.0 Å². The normalized spacial score (nSPS) is 17.2. The highest BCUT2D eigenvalue weighted by molar-refractivity contribution is 7.12. The standard InChI is InChI=1S/C20H21N3O4S/c1-2-27-15-6-4-3-5-13(15)18(25)21-14-8-10-28-17(14)19(26)23-11-20(12-23)9-7-16(24)22-20/h3-6,8,10H,2,7,9,11-12H2,1H3,(H,21,25)(H,22,24). The largest absolute Gasteiger partial charge is 0.493 e. The summed E-state index contributed by atoms with van der Waals surface area (Å²) in [6.07, 6.45) is 1.28. The Bertz CT molecular complexity index is 933. The second kappa shape index (κ2) is 7.27. The highest BCUT2D eigenvalue weighted by Gasteiger charge is 2.49. The van der Waals surface area contributed by atoms with Crippen LogP contribution >= 0.6 is 11.3 Å². The number of anilines is 1. The van der Waals surface area contributed by atoms with Crippen molar-refractivity contribution in [2.45, 2.75) is 25.3 Å². The van der Waals surface area contributed by atoms with Gasteiger partial charge < -0.3 is 20.3 Å². The van der Waals surface area contributed by atoms with Crippen LogP contribution in [-0.4, -0.2) is 47.9 Å². The van der Waals surface area contributed by atoms with E-state index in [1.165, 1.54) is 11.3 Å². The molecule has 2 aromatic rings. The van der Waals surface area contributed by atoms with Gasteiger partial charge in [0, 0.05) is 19.5 Å². The van der Waals surface area contributed by atoms with Gasteiger partial charge in [-0.3, -0.25) is 14.4 Å². The number of likely N-dealkylation sites (tertiary alicyclic amines) is 1. The molecule has 3 amide bonds. The number of carbonyl (C=O) groups excluding carboxylic acids is 3. The number of nitrogens with zero attached hydrogens (tertiary/aromatic N) is 1. The Kier molecular flexibility index (Phi) is 4.80. The molecule has 7 nitrogen and oxygen atoms in total. The molecule has 1 aromatic carbocycles. The number of hydrogen-bond donors (Lipinski definition) is 2.